The molecule has 1 aliphatic rings. The van der Waals surface area contributed by atoms with Crippen LogP contribution >= 0.6 is 0 Å². The third-order valence-corrected chi connectivity index (χ3v) is 5.89. The van der Waals surface area contributed by atoms with E-state index in [0.29, 0.717) is 41.5 Å². The van der Waals surface area contributed by atoms with E-state index in [1.54, 1.807) is 22.9 Å². The van der Waals surface area contributed by atoms with Crippen molar-refractivity contribution in [2.45, 2.75) is 38.5 Å². The van der Waals surface area contributed by atoms with Crippen LogP contribution in [0.4, 0.5) is 5.82 Å². The molecular weight excluding hydrogens is 418 g/mol. The van der Waals surface area contributed by atoms with E-state index >= 15 is 0 Å². The van der Waals surface area contributed by atoms with Gasteiger partial charge in [-0.25, -0.2) is 4.68 Å². The fourth-order valence-electron chi connectivity index (χ4n) is 4.12. The van der Waals surface area contributed by atoms with Crippen molar-refractivity contribution in [2.24, 2.45) is 0 Å². The highest BCUT2D eigenvalue weighted by atomic mass is 16.5. The topological polar surface area (TPSA) is 115 Å². The zero-order valence-corrected chi connectivity index (χ0v) is 18.7. The van der Waals surface area contributed by atoms with E-state index in [1.807, 2.05) is 37.3 Å². The highest BCUT2D eigenvalue weighted by Gasteiger charge is 2.26. The molecule has 1 amide bonds. The Morgan fingerprint density at radius 1 is 1.30 bits per heavy atom. The summed E-state index contributed by atoms with van der Waals surface area (Å²) in [6.45, 7) is 3.04. The minimum Gasteiger partial charge on any atom is -0.496 e. The number of amides is 1. The van der Waals surface area contributed by atoms with Gasteiger partial charge in [-0.2, -0.15) is 10.4 Å². The lowest BCUT2D eigenvalue weighted by molar-refractivity contribution is 0.00403. The number of carbonyl (C=O) groups excluding carboxylic acids is 1. The number of carbonyl (C=O) groups is 1. The molecule has 4 rings (SSSR count). The number of nitriles is 1. The first-order valence-corrected chi connectivity index (χ1v) is 10.9. The van der Waals surface area contributed by atoms with Crippen molar-refractivity contribution >= 4 is 11.7 Å². The smallest absolute Gasteiger partial charge is 0.255 e. The number of nitrogens with one attached hydrogen (secondary N) is 1. The molecule has 0 aliphatic carbocycles. The highest BCUT2D eigenvalue weighted by molar-refractivity contribution is 5.96. The molecule has 33 heavy (non-hydrogen) atoms. The molecule has 3 aromatic rings. The van der Waals surface area contributed by atoms with E-state index in [2.05, 4.69) is 11.4 Å². The van der Waals surface area contributed by atoms with Crippen molar-refractivity contribution in [3.8, 4) is 23.1 Å². The van der Waals surface area contributed by atoms with Crippen LogP contribution in [0.1, 0.15) is 47.3 Å². The summed E-state index contributed by atoms with van der Waals surface area (Å²) in [5.41, 5.74) is 9.46. The Kier molecular flexibility index (Phi) is 6.61. The number of ether oxygens (including phenoxy) is 2. The first-order chi connectivity index (χ1) is 16.0. The van der Waals surface area contributed by atoms with E-state index in [-0.39, 0.29) is 18.1 Å². The number of nitrogen functional groups attached to an aromatic ring is 1. The van der Waals surface area contributed by atoms with Crippen LogP contribution in [0.5, 0.6) is 5.75 Å². The molecule has 1 fully saturated rings. The Morgan fingerprint density at radius 2 is 2.06 bits per heavy atom. The van der Waals surface area contributed by atoms with Crippen LogP contribution in [0.15, 0.2) is 48.5 Å². The molecule has 1 aliphatic heterocycles. The summed E-state index contributed by atoms with van der Waals surface area (Å²) in [7, 11) is 1.54. The predicted octanol–water partition coefficient (Wildman–Crippen LogP) is 3.68. The average molecular weight is 446 g/mol. The molecule has 3 N–H and O–H groups in total. The molecule has 0 radical (unpaired) electrons. The summed E-state index contributed by atoms with van der Waals surface area (Å²) in [5.74, 6) is 0.710. The molecule has 170 valence electrons. The van der Waals surface area contributed by atoms with Crippen LogP contribution in [0.2, 0.25) is 0 Å². The van der Waals surface area contributed by atoms with E-state index in [9.17, 15) is 10.1 Å². The Balaban J connectivity index is 1.50. The Labute approximate surface area is 192 Å². The second-order valence-electron chi connectivity index (χ2n) is 8.10. The number of aromatic nitrogens is 2. The van der Waals surface area contributed by atoms with E-state index in [1.165, 1.54) is 7.11 Å². The van der Waals surface area contributed by atoms with Crippen LogP contribution in [-0.2, 0) is 11.3 Å². The van der Waals surface area contributed by atoms with Crippen molar-refractivity contribution in [1.29, 1.82) is 5.26 Å². The maximum Gasteiger partial charge on any atom is 0.255 e. The lowest BCUT2D eigenvalue weighted by atomic mass is 10.0. The summed E-state index contributed by atoms with van der Waals surface area (Å²) >= 11 is 0. The van der Waals surface area contributed by atoms with Gasteiger partial charge in [-0.1, -0.05) is 36.4 Å². The molecule has 2 atom stereocenters. The van der Waals surface area contributed by atoms with Crippen molar-refractivity contribution in [1.82, 2.24) is 15.1 Å². The first kappa shape index (κ1) is 22.4. The van der Waals surface area contributed by atoms with E-state index in [4.69, 9.17) is 20.3 Å². The van der Waals surface area contributed by atoms with Crippen molar-refractivity contribution in [3.63, 3.8) is 0 Å². The van der Waals surface area contributed by atoms with E-state index in [0.717, 1.165) is 24.0 Å². The van der Waals surface area contributed by atoms with Crippen molar-refractivity contribution < 1.29 is 14.3 Å². The Hall–Kier alpha value is -3.83. The largest absolute Gasteiger partial charge is 0.496 e. The first-order valence-electron chi connectivity index (χ1n) is 10.9. The average Bonchev–Trinajstić information content (AvgIpc) is 3.18. The van der Waals surface area contributed by atoms with Gasteiger partial charge in [0.25, 0.3) is 5.91 Å². The number of hydrogen-bond acceptors (Lipinski definition) is 6. The van der Waals surface area contributed by atoms with Crippen LogP contribution in [0.25, 0.3) is 11.3 Å². The number of nitrogens with two attached hydrogens (primary N) is 1. The monoisotopic (exact) mass is 445 g/mol. The SMILES string of the molecule is COc1ccccc1C(=O)NCc1ccc(-c2nn(C3CCOC(C)C3)c(N)c2C#N)cc1. The maximum absolute atomic E-state index is 12.5. The summed E-state index contributed by atoms with van der Waals surface area (Å²) in [6, 6.07) is 17.0. The molecule has 1 aromatic heterocycles. The molecule has 2 heterocycles. The van der Waals surface area contributed by atoms with Gasteiger partial charge in [0, 0.05) is 18.7 Å². The van der Waals surface area contributed by atoms with Gasteiger partial charge in [0.05, 0.1) is 24.8 Å². The number of rotatable bonds is 6. The van der Waals surface area contributed by atoms with Crippen molar-refractivity contribution in [3.05, 3.63) is 65.2 Å². The van der Waals surface area contributed by atoms with Gasteiger partial charge in [-0.3, -0.25) is 4.79 Å². The van der Waals surface area contributed by atoms with Crippen LogP contribution < -0.4 is 15.8 Å². The number of para-hydroxylation sites is 1. The quantitative estimate of drug-likeness (QED) is 0.598. The van der Waals surface area contributed by atoms with Crippen molar-refractivity contribution in [2.75, 3.05) is 19.5 Å². The number of benzene rings is 2. The van der Waals surface area contributed by atoms with E-state index < -0.39 is 0 Å². The van der Waals surface area contributed by atoms with Gasteiger partial charge in [0.2, 0.25) is 0 Å². The van der Waals surface area contributed by atoms with Crippen LogP contribution in [0.3, 0.4) is 0 Å². The molecule has 8 nitrogen and oxygen atoms in total. The lowest BCUT2D eigenvalue weighted by Crippen LogP contribution is -2.26. The molecule has 0 saturated carbocycles. The minimum atomic E-state index is -0.208. The van der Waals surface area contributed by atoms with Gasteiger partial charge < -0.3 is 20.5 Å². The summed E-state index contributed by atoms with van der Waals surface area (Å²) in [5, 5.41) is 17.3. The molecular formula is C25H27N5O3. The Bertz CT molecular complexity index is 1180. The third kappa shape index (κ3) is 4.69. The lowest BCUT2D eigenvalue weighted by Gasteiger charge is -2.28. The zero-order valence-electron chi connectivity index (χ0n) is 18.7. The fraction of sp³-hybridized carbons (Fsp3) is 0.320. The number of hydrogen-bond donors (Lipinski definition) is 2. The molecule has 1 saturated heterocycles. The van der Waals surface area contributed by atoms with Crippen LogP contribution in [-0.4, -0.2) is 35.5 Å². The molecule has 2 unspecified atom stereocenters. The maximum atomic E-state index is 12.5. The standard InChI is InChI=1S/C25H27N5O3/c1-16-13-19(11-12-33-16)30-24(27)21(14-26)23(29-30)18-9-7-17(8-10-18)15-28-25(31)20-5-3-4-6-22(20)32-2/h3-10,16,19H,11-13,15,27H2,1-2H3,(H,28,31). The summed E-state index contributed by atoms with van der Waals surface area (Å²) in [6.07, 6.45) is 1.75. The van der Waals surface area contributed by atoms with Gasteiger partial charge in [0.1, 0.15) is 28.9 Å². The van der Waals surface area contributed by atoms with Gasteiger partial charge in [-0.05, 0) is 37.5 Å². The molecule has 0 bridgehead atoms. The zero-order chi connectivity index (χ0) is 23.4. The van der Waals surface area contributed by atoms with Gasteiger partial charge in [0.15, 0.2) is 0 Å². The van der Waals surface area contributed by atoms with Gasteiger partial charge >= 0.3 is 0 Å². The molecule has 0 spiro atoms. The second-order valence-corrected chi connectivity index (χ2v) is 8.10. The Morgan fingerprint density at radius 3 is 2.76 bits per heavy atom. The minimum absolute atomic E-state index is 0.110. The number of methoxy groups -OCH3 is 1. The van der Waals surface area contributed by atoms with Gasteiger partial charge in [-0.15, -0.1) is 0 Å². The number of nitrogens with zero attached hydrogens (tertiary/aromatic N) is 3. The molecule has 8 heteroatoms. The normalized spacial score (nSPS) is 17.8. The summed E-state index contributed by atoms with van der Waals surface area (Å²) in [4.78, 5) is 12.5. The highest BCUT2D eigenvalue weighted by Crippen LogP contribution is 2.33. The predicted molar refractivity (Wildman–Crippen MR) is 125 cm³/mol. The second kappa shape index (κ2) is 9.76. The summed E-state index contributed by atoms with van der Waals surface area (Å²) < 4.78 is 12.7. The number of anilines is 1. The van der Waals surface area contributed by atoms with Crippen LogP contribution in [0, 0.1) is 11.3 Å². The third-order valence-electron chi connectivity index (χ3n) is 5.89. The fourth-order valence-corrected chi connectivity index (χ4v) is 4.12. The molecule has 2 aromatic carbocycles.